The maximum absolute atomic E-state index is 14.9. The number of carbonyl (C=O) groups excluding carboxylic acids is 2. The van der Waals surface area contributed by atoms with Crippen LogP contribution in [-0.2, 0) is 4.79 Å². The van der Waals surface area contributed by atoms with Gasteiger partial charge in [-0.25, -0.2) is 8.78 Å². The molecule has 1 aliphatic rings. The van der Waals surface area contributed by atoms with E-state index in [1.807, 2.05) is 26.0 Å². The minimum absolute atomic E-state index is 0.0984. The van der Waals surface area contributed by atoms with E-state index in [4.69, 9.17) is 4.42 Å². The summed E-state index contributed by atoms with van der Waals surface area (Å²) in [6.45, 7) is 5.58. The third-order valence-corrected chi connectivity index (χ3v) is 7.15. The molecular weight excluding hydrogens is 558 g/mol. The molecule has 0 fully saturated rings. The van der Waals surface area contributed by atoms with Crippen LogP contribution in [0.2, 0.25) is 0 Å². The number of ketones is 1. The third-order valence-electron chi connectivity index (χ3n) is 6.66. The molecule has 0 bridgehead atoms. The molecule has 38 heavy (non-hydrogen) atoms. The lowest BCUT2D eigenvalue weighted by Crippen LogP contribution is -2.32. The lowest BCUT2D eigenvalue weighted by molar-refractivity contribution is -0.117. The Kier molecular flexibility index (Phi) is 6.79. The van der Waals surface area contributed by atoms with Gasteiger partial charge in [0.1, 0.15) is 17.2 Å². The van der Waals surface area contributed by atoms with E-state index in [0.29, 0.717) is 16.5 Å². The van der Waals surface area contributed by atoms with E-state index in [-0.39, 0.29) is 11.3 Å². The summed E-state index contributed by atoms with van der Waals surface area (Å²) in [5.41, 5.74) is 1.11. The standard InChI is InChI=1S/C29H23BrF2N2O4/c1-3-33(4-2)20-9-5-16(6-10-20)26-25(27(35)24-14-17-13-18(30)7-12-23(17)38-24)28(36)29(37)34(26)22-15-19(31)8-11-21(22)32/h5-15,26,36H,3-4H2,1-2H3. The second-order valence-electron chi connectivity index (χ2n) is 8.82. The van der Waals surface area contributed by atoms with Crippen LogP contribution >= 0.6 is 15.9 Å². The first-order chi connectivity index (χ1) is 18.2. The van der Waals surface area contributed by atoms with Gasteiger partial charge in [-0.05, 0) is 67.9 Å². The number of benzene rings is 3. The number of aliphatic hydroxyl groups excluding tert-OH is 1. The van der Waals surface area contributed by atoms with E-state index in [2.05, 4.69) is 20.8 Å². The van der Waals surface area contributed by atoms with Crippen LogP contribution < -0.4 is 9.80 Å². The highest BCUT2D eigenvalue weighted by Crippen LogP contribution is 2.43. The first-order valence-electron chi connectivity index (χ1n) is 12.0. The summed E-state index contributed by atoms with van der Waals surface area (Å²) in [6.07, 6.45) is 0. The van der Waals surface area contributed by atoms with E-state index in [1.165, 1.54) is 6.07 Å². The van der Waals surface area contributed by atoms with E-state index in [0.717, 1.165) is 46.3 Å². The van der Waals surface area contributed by atoms with Gasteiger partial charge in [0.15, 0.2) is 11.5 Å². The van der Waals surface area contributed by atoms with E-state index in [9.17, 15) is 23.5 Å². The fourth-order valence-corrected chi connectivity index (χ4v) is 5.17. The van der Waals surface area contributed by atoms with Crippen LogP contribution in [0.1, 0.15) is 36.0 Å². The number of hydrogen-bond donors (Lipinski definition) is 1. The van der Waals surface area contributed by atoms with Gasteiger partial charge in [0.2, 0.25) is 5.78 Å². The molecule has 1 unspecified atom stereocenters. The number of furan rings is 1. The summed E-state index contributed by atoms with van der Waals surface area (Å²) in [4.78, 5) is 30.1. The molecule has 5 rings (SSSR count). The van der Waals surface area contributed by atoms with E-state index < -0.39 is 40.8 Å². The molecule has 9 heteroatoms. The van der Waals surface area contributed by atoms with Gasteiger partial charge in [0.25, 0.3) is 5.91 Å². The Morgan fingerprint density at radius 3 is 2.42 bits per heavy atom. The molecule has 0 aliphatic carbocycles. The van der Waals surface area contributed by atoms with Gasteiger partial charge in [-0.3, -0.25) is 14.5 Å². The number of aliphatic hydroxyl groups is 1. The highest BCUT2D eigenvalue weighted by molar-refractivity contribution is 9.10. The second kappa shape index (κ2) is 10.1. The molecule has 6 nitrogen and oxygen atoms in total. The summed E-state index contributed by atoms with van der Waals surface area (Å²) in [7, 11) is 0. The summed E-state index contributed by atoms with van der Waals surface area (Å²) in [6, 6.07) is 15.2. The predicted octanol–water partition coefficient (Wildman–Crippen LogP) is 7.10. The quantitative estimate of drug-likeness (QED) is 0.236. The highest BCUT2D eigenvalue weighted by Gasteiger charge is 2.46. The van der Waals surface area contributed by atoms with Crippen molar-refractivity contribution in [2.45, 2.75) is 19.9 Å². The van der Waals surface area contributed by atoms with Crippen LogP contribution in [0, 0.1) is 11.6 Å². The summed E-state index contributed by atoms with van der Waals surface area (Å²) >= 11 is 3.38. The fourth-order valence-electron chi connectivity index (χ4n) is 4.79. The molecule has 0 radical (unpaired) electrons. The van der Waals surface area contributed by atoms with Crippen molar-refractivity contribution in [3.8, 4) is 0 Å². The zero-order valence-corrected chi connectivity index (χ0v) is 22.1. The van der Waals surface area contributed by atoms with Gasteiger partial charge in [-0.2, -0.15) is 0 Å². The molecule has 0 spiro atoms. The zero-order valence-electron chi connectivity index (χ0n) is 20.5. The molecule has 0 saturated heterocycles. The number of halogens is 3. The number of Topliss-reactive ketones (excluding diaryl/α,β-unsaturated/α-hetero) is 1. The number of nitrogens with zero attached hydrogens (tertiary/aromatic N) is 2. The first-order valence-corrected chi connectivity index (χ1v) is 12.8. The van der Waals surface area contributed by atoms with Crippen molar-refractivity contribution in [3.05, 3.63) is 105 Å². The molecule has 194 valence electrons. The van der Waals surface area contributed by atoms with Crippen molar-refractivity contribution < 1.29 is 27.9 Å². The molecule has 1 aromatic heterocycles. The summed E-state index contributed by atoms with van der Waals surface area (Å²) < 4.78 is 35.6. The van der Waals surface area contributed by atoms with Crippen molar-refractivity contribution >= 4 is 50.0 Å². The topological polar surface area (TPSA) is 74.0 Å². The van der Waals surface area contributed by atoms with E-state index >= 15 is 0 Å². The third kappa shape index (κ3) is 4.36. The Morgan fingerprint density at radius 2 is 1.74 bits per heavy atom. The predicted molar refractivity (Wildman–Crippen MR) is 144 cm³/mol. The van der Waals surface area contributed by atoms with Crippen LogP contribution in [0.15, 0.2) is 87.0 Å². The SMILES string of the molecule is CCN(CC)c1ccc(C2C(C(=O)c3cc4cc(Br)ccc4o3)=C(O)C(=O)N2c2cc(F)ccc2F)cc1. The van der Waals surface area contributed by atoms with Gasteiger partial charge < -0.3 is 14.4 Å². The number of anilines is 2. The Bertz CT molecular complexity index is 1590. The summed E-state index contributed by atoms with van der Waals surface area (Å²) in [5, 5.41) is 11.6. The normalized spacial score (nSPS) is 15.6. The number of amides is 1. The maximum Gasteiger partial charge on any atom is 0.294 e. The fraction of sp³-hybridized carbons (Fsp3) is 0.172. The Balaban J connectivity index is 1.66. The van der Waals surface area contributed by atoms with Gasteiger partial charge in [-0.15, -0.1) is 0 Å². The lowest BCUT2D eigenvalue weighted by atomic mass is 9.94. The molecule has 2 heterocycles. The van der Waals surface area contributed by atoms with Gasteiger partial charge in [0, 0.05) is 34.7 Å². The maximum atomic E-state index is 14.9. The molecule has 3 aromatic carbocycles. The average Bonchev–Trinajstić information content (AvgIpc) is 3.44. The van der Waals surface area contributed by atoms with Gasteiger partial charge >= 0.3 is 0 Å². The Labute approximate surface area is 225 Å². The Hall–Kier alpha value is -3.98. The van der Waals surface area contributed by atoms with Crippen molar-refractivity contribution in [1.82, 2.24) is 0 Å². The zero-order chi connectivity index (χ0) is 27.1. The molecular formula is C29H23BrF2N2O4. The molecule has 1 aliphatic heterocycles. The number of hydrogen-bond acceptors (Lipinski definition) is 5. The van der Waals surface area contributed by atoms with Gasteiger partial charge in [0.05, 0.1) is 17.3 Å². The Morgan fingerprint density at radius 1 is 1.03 bits per heavy atom. The van der Waals surface area contributed by atoms with Crippen LogP contribution in [0.25, 0.3) is 11.0 Å². The monoisotopic (exact) mass is 580 g/mol. The van der Waals surface area contributed by atoms with Crippen LogP contribution in [0.3, 0.4) is 0 Å². The largest absolute Gasteiger partial charge is 0.503 e. The lowest BCUT2D eigenvalue weighted by Gasteiger charge is -2.28. The molecule has 1 atom stereocenters. The second-order valence-corrected chi connectivity index (χ2v) is 9.74. The van der Waals surface area contributed by atoms with Crippen LogP contribution in [-0.4, -0.2) is 29.9 Å². The average molecular weight is 581 g/mol. The van der Waals surface area contributed by atoms with Crippen LogP contribution in [0.5, 0.6) is 0 Å². The first kappa shape index (κ1) is 25.7. The number of fused-ring (bicyclic) bond motifs is 1. The molecule has 1 amide bonds. The summed E-state index contributed by atoms with van der Waals surface area (Å²) in [5.74, 6) is -4.35. The molecule has 4 aromatic rings. The van der Waals surface area contributed by atoms with Crippen molar-refractivity contribution in [1.29, 1.82) is 0 Å². The highest BCUT2D eigenvalue weighted by atomic mass is 79.9. The molecule has 1 N–H and O–H groups in total. The number of rotatable bonds is 7. The van der Waals surface area contributed by atoms with E-state index in [1.54, 1.807) is 30.3 Å². The van der Waals surface area contributed by atoms with Crippen molar-refractivity contribution in [3.63, 3.8) is 0 Å². The molecule has 0 saturated carbocycles. The van der Waals surface area contributed by atoms with Crippen LogP contribution in [0.4, 0.5) is 20.2 Å². The van der Waals surface area contributed by atoms with Crippen molar-refractivity contribution in [2.75, 3.05) is 22.9 Å². The van der Waals surface area contributed by atoms with Crippen molar-refractivity contribution in [2.24, 2.45) is 0 Å². The van der Waals surface area contributed by atoms with Gasteiger partial charge in [-0.1, -0.05) is 28.1 Å². The smallest absolute Gasteiger partial charge is 0.294 e. The minimum Gasteiger partial charge on any atom is -0.503 e. The number of carbonyl (C=O) groups is 2. The minimum atomic E-state index is -1.22.